The first kappa shape index (κ1) is 16.4. The molecule has 2 rings (SSSR count). The van der Waals surface area contributed by atoms with Crippen LogP contribution in [0.5, 0.6) is 0 Å². The Morgan fingerprint density at radius 2 is 1.74 bits per heavy atom. The molecule has 1 aromatic rings. The molecule has 19 heavy (non-hydrogen) atoms. The lowest BCUT2D eigenvalue weighted by atomic mass is 9.91. The van der Waals surface area contributed by atoms with Gasteiger partial charge in [0, 0.05) is 23.7 Å². The molecular formula is C14H19Cl2NO2. The number of morpholine rings is 1. The number of nitrogens with zero attached hydrogens (tertiary/aromatic N) is 1. The van der Waals surface area contributed by atoms with Crippen molar-refractivity contribution >= 4 is 29.8 Å². The number of ketones is 1. The zero-order chi connectivity index (χ0) is 13.2. The van der Waals surface area contributed by atoms with Gasteiger partial charge < -0.3 is 4.74 Å². The van der Waals surface area contributed by atoms with Crippen LogP contribution in [-0.4, -0.2) is 42.5 Å². The maximum Gasteiger partial charge on any atom is 0.182 e. The lowest BCUT2D eigenvalue weighted by Crippen LogP contribution is -2.54. The summed E-state index contributed by atoms with van der Waals surface area (Å²) in [6.07, 6.45) is 0. The molecule has 0 aromatic heterocycles. The van der Waals surface area contributed by atoms with Crippen LogP contribution in [0, 0.1) is 0 Å². The fourth-order valence-corrected chi connectivity index (χ4v) is 2.35. The second-order valence-corrected chi connectivity index (χ2v) is 5.43. The molecule has 0 atom stereocenters. The summed E-state index contributed by atoms with van der Waals surface area (Å²) < 4.78 is 5.33. The monoisotopic (exact) mass is 303 g/mol. The molecule has 1 fully saturated rings. The Hall–Kier alpha value is -0.610. The van der Waals surface area contributed by atoms with Gasteiger partial charge in [-0.1, -0.05) is 11.6 Å². The zero-order valence-electron chi connectivity index (χ0n) is 11.2. The van der Waals surface area contributed by atoms with Crippen molar-refractivity contribution in [1.82, 2.24) is 4.90 Å². The molecular weight excluding hydrogens is 285 g/mol. The molecule has 1 aliphatic heterocycles. The molecule has 0 amide bonds. The molecule has 0 saturated carbocycles. The van der Waals surface area contributed by atoms with E-state index in [0.717, 1.165) is 13.1 Å². The Morgan fingerprint density at radius 3 is 2.26 bits per heavy atom. The summed E-state index contributed by atoms with van der Waals surface area (Å²) in [6.45, 7) is 6.91. The van der Waals surface area contributed by atoms with Gasteiger partial charge in [0.05, 0.1) is 18.8 Å². The van der Waals surface area contributed by atoms with Gasteiger partial charge >= 0.3 is 0 Å². The number of hydrogen-bond acceptors (Lipinski definition) is 3. The van der Waals surface area contributed by atoms with E-state index in [1.165, 1.54) is 0 Å². The van der Waals surface area contributed by atoms with Gasteiger partial charge in [-0.3, -0.25) is 9.69 Å². The number of rotatable bonds is 3. The van der Waals surface area contributed by atoms with Gasteiger partial charge in [0.15, 0.2) is 5.78 Å². The molecule has 1 aromatic carbocycles. The van der Waals surface area contributed by atoms with E-state index in [1.807, 2.05) is 13.8 Å². The number of benzene rings is 1. The van der Waals surface area contributed by atoms with Crippen LogP contribution in [0.25, 0.3) is 0 Å². The van der Waals surface area contributed by atoms with E-state index in [9.17, 15) is 4.79 Å². The van der Waals surface area contributed by atoms with Crippen LogP contribution in [0.1, 0.15) is 24.2 Å². The average molecular weight is 304 g/mol. The van der Waals surface area contributed by atoms with Gasteiger partial charge in [-0.2, -0.15) is 0 Å². The number of Topliss-reactive ketones (excluding diaryl/α,β-unsaturated/α-hetero) is 1. The third-order valence-electron chi connectivity index (χ3n) is 3.46. The fraction of sp³-hybridized carbons (Fsp3) is 0.500. The molecule has 0 unspecified atom stereocenters. The van der Waals surface area contributed by atoms with Gasteiger partial charge in [0.1, 0.15) is 0 Å². The quantitative estimate of drug-likeness (QED) is 0.804. The van der Waals surface area contributed by atoms with Crippen molar-refractivity contribution < 1.29 is 9.53 Å². The maximum absolute atomic E-state index is 12.6. The maximum atomic E-state index is 12.6. The van der Waals surface area contributed by atoms with E-state index in [0.29, 0.717) is 23.8 Å². The van der Waals surface area contributed by atoms with Gasteiger partial charge in [0.25, 0.3) is 0 Å². The standard InChI is InChI=1S/C14H18ClNO2.ClH/c1-14(2,16-7-9-18-10-8-16)13(17)11-3-5-12(15)6-4-11;/h3-6H,7-10H2,1-2H3;1H. The summed E-state index contributed by atoms with van der Waals surface area (Å²) in [6, 6.07) is 7.08. The number of carbonyl (C=O) groups excluding carboxylic acids is 1. The van der Waals surface area contributed by atoms with Gasteiger partial charge in [-0.15, -0.1) is 12.4 Å². The SMILES string of the molecule is CC(C)(C(=O)c1ccc(Cl)cc1)N1CCOCC1.Cl. The smallest absolute Gasteiger partial charge is 0.182 e. The summed E-state index contributed by atoms with van der Waals surface area (Å²) in [5.74, 6) is 0.126. The summed E-state index contributed by atoms with van der Waals surface area (Å²) >= 11 is 5.84. The first-order chi connectivity index (χ1) is 8.51. The molecule has 106 valence electrons. The summed E-state index contributed by atoms with van der Waals surface area (Å²) in [7, 11) is 0. The summed E-state index contributed by atoms with van der Waals surface area (Å²) in [5.41, 5.74) is 0.202. The van der Waals surface area contributed by atoms with Crippen LogP contribution in [0.2, 0.25) is 5.02 Å². The van der Waals surface area contributed by atoms with E-state index in [4.69, 9.17) is 16.3 Å². The van der Waals surface area contributed by atoms with Crippen molar-refractivity contribution in [2.24, 2.45) is 0 Å². The van der Waals surface area contributed by atoms with Crippen molar-refractivity contribution in [3.05, 3.63) is 34.9 Å². The first-order valence-electron chi connectivity index (χ1n) is 6.15. The van der Waals surface area contributed by atoms with E-state index in [-0.39, 0.29) is 18.2 Å². The fourth-order valence-electron chi connectivity index (χ4n) is 2.22. The van der Waals surface area contributed by atoms with E-state index in [1.54, 1.807) is 24.3 Å². The Labute approximate surface area is 125 Å². The minimum atomic E-state index is -0.502. The van der Waals surface area contributed by atoms with Crippen molar-refractivity contribution in [2.45, 2.75) is 19.4 Å². The number of hydrogen-bond donors (Lipinski definition) is 0. The Balaban J connectivity index is 0.00000180. The molecule has 0 aliphatic carbocycles. The van der Waals surface area contributed by atoms with Crippen molar-refractivity contribution in [1.29, 1.82) is 0 Å². The molecule has 1 saturated heterocycles. The summed E-state index contributed by atoms with van der Waals surface area (Å²) in [4.78, 5) is 14.7. The lowest BCUT2D eigenvalue weighted by Gasteiger charge is -2.39. The zero-order valence-corrected chi connectivity index (χ0v) is 12.8. The lowest BCUT2D eigenvalue weighted by molar-refractivity contribution is -0.00429. The summed E-state index contributed by atoms with van der Waals surface area (Å²) in [5, 5.41) is 0.649. The van der Waals surface area contributed by atoms with Crippen LogP contribution >= 0.6 is 24.0 Å². The van der Waals surface area contributed by atoms with Crippen LogP contribution in [0.4, 0.5) is 0 Å². The molecule has 1 heterocycles. The Morgan fingerprint density at radius 1 is 1.21 bits per heavy atom. The average Bonchev–Trinajstić information content (AvgIpc) is 2.40. The third kappa shape index (κ3) is 3.69. The molecule has 0 radical (unpaired) electrons. The van der Waals surface area contributed by atoms with Crippen LogP contribution in [0.15, 0.2) is 24.3 Å². The van der Waals surface area contributed by atoms with Gasteiger partial charge in [0.2, 0.25) is 0 Å². The van der Waals surface area contributed by atoms with Crippen LogP contribution in [-0.2, 0) is 4.74 Å². The highest BCUT2D eigenvalue weighted by Crippen LogP contribution is 2.22. The van der Waals surface area contributed by atoms with E-state index < -0.39 is 5.54 Å². The van der Waals surface area contributed by atoms with Gasteiger partial charge in [-0.25, -0.2) is 0 Å². The molecule has 5 heteroatoms. The Kier molecular flexibility index (Phi) is 5.81. The van der Waals surface area contributed by atoms with Crippen molar-refractivity contribution in [3.63, 3.8) is 0 Å². The Bertz CT molecular complexity index is 426. The molecule has 0 bridgehead atoms. The third-order valence-corrected chi connectivity index (χ3v) is 3.72. The minimum Gasteiger partial charge on any atom is -0.379 e. The van der Waals surface area contributed by atoms with Crippen molar-refractivity contribution in [2.75, 3.05) is 26.3 Å². The van der Waals surface area contributed by atoms with Crippen LogP contribution < -0.4 is 0 Å². The van der Waals surface area contributed by atoms with E-state index >= 15 is 0 Å². The topological polar surface area (TPSA) is 29.5 Å². The number of halogens is 2. The van der Waals surface area contributed by atoms with E-state index in [2.05, 4.69) is 4.90 Å². The second kappa shape index (κ2) is 6.71. The van der Waals surface area contributed by atoms with Crippen molar-refractivity contribution in [3.8, 4) is 0 Å². The second-order valence-electron chi connectivity index (χ2n) is 4.99. The first-order valence-corrected chi connectivity index (χ1v) is 6.53. The minimum absolute atomic E-state index is 0. The number of ether oxygens (including phenoxy) is 1. The van der Waals surface area contributed by atoms with Gasteiger partial charge in [-0.05, 0) is 38.1 Å². The highest BCUT2D eigenvalue weighted by atomic mass is 35.5. The highest BCUT2D eigenvalue weighted by molar-refractivity contribution is 6.30. The number of carbonyl (C=O) groups is 1. The molecule has 1 aliphatic rings. The predicted molar refractivity (Wildman–Crippen MR) is 79.5 cm³/mol. The predicted octanol–water partition coefficient (Wildman–Crippen LogP) is 3.06. The van der Waals surface area contributed by atoms with Crippen LogP contribution in [0.3, 0.4) is 0 Å². The molecule has 0 N–H and O–H groups in total. The molecule has 0 spiro atoms. The molecule has 3 nitrogen and oxygen atoms in total. The normalized spacial score (nSPS) is 16.8. The highest BCUT2D eigenvalue weighted by Gasteiger charge is 2.35. The largest absolute Gasteiger partial charge is 0.379 e.